The second kappa shape index (κ2) is 6.72. The number of nitrogens with one attached hydrogen (secondary N) is 1. The van der Waals surface area contributed by atoms with Gasteiger partial charge in [-0.15, -0.1) is 0 Å². The van der Waals surface area contributed by atoms with Crippen molar-refractivity contribution in [1.29, 1.82) is 0 Å². The Morgan fingerprint density at radius 2 is 2.08 bits per heavy atom. The van der Waals surface area contributed by atoms with Crippen molar-refractivity contribution in [3.8, 4) is 0 Å². The molecule has 0 saturated carbocycles. The van der Waals surface area contributed by atoms with Crippen LogP contribution in [0.15, 0.2) is 36.5 Å². The Labute approximate surface area is 157 Å². The summed E-state index contributed by atoms with van der Waals surface area (Å²) in [7, 11) is 0. The van der Waals surface area contributed by atoms with Crippen molar-refractivity contribution in [3.63, 3.8) is 0 Å². The standard InChI is InChI=1S/C20H21ClN4O/c1-12(2)18-16-10-14(11-22-19(16)24-23-18)20(26)25-9-3-4-17(25)13-5-7-15(21)8-6-13/h5-8,10-12,17H,3-4,9H2,1-2H3,(H,22,23,24). The monoisotopic (exact) mass is 368 g/mol. The highest BCUT2D eigenvalue weighted by molar-refractivity contribution is 6.30. The lowest BCUT2D eigenvalue weighted by Gasteiger charge is -2.25. The average molecular weight is 369 g/mol. The van der Waals surface area contributed by atoms with E-state index < -0.39 is 0 Å². The summed E-state index contributed by atoms with van der Waals surface area (Å²) in [4.78, 5) is 19.5. The molecule has 3 aromatic rings. The molecule has 1 unspecified atom stereocenters. The Morgan fingerprint density at radius 3 is 2.81 bits per heavy atom. The zero-order valence-corrected chi connectivity index (χ0v) is 15.6. The molecule has 4 rings (SSSR count). The third-order valence-electron chi connectivity index (χ3n) is 5.01. The van der Waals surface area contributed by atoms with Crippen LogP contribution in [0.2, 0.25) is 5.02 Å². The Morgan fingerprint density at radius 1 is 1.31 bits per heavy atom. The number of pyridine rings is 1. The normalized spacial score (nSPS) is 17.4. The summed E-state index contributed by atoms with van der Waals surface area (Å²) in [5, 5.41) is 8.92. The summed E-state index contributed by atoms with van der Waals surface area (Å²) in [6.07, 6.45) is 3.61. The number of benzene rings is 1. The van der Waals surface area contributed by atoms with E-state index >= 15 is 0 Å². The van der Waals surface area contributed by atoms with Crippen LogP contribution < -0.4 is 0 Å². The predicted molar refractivity (Wildman–Crippen MR) is 102 cm³/mol. The fraction of sp³-hybridized carbons (Fsp3) is 0.350. The number of fused-ring (bicyclic) bond motifs is 1. The molecular formula is C20H21ClN4O. The van der Waals surface area contributed by atoms with Crippen molar-refractivity contribution in [3.05, 3.63) is 58.4 Å². The number of H-pyrrole nitrogens is 1. The molecule has 2 aromatic heterocycles. The number of hydrogen-bond donors (Lipinski definition) is 1. The van der Waals surface area contributed by atoms with Gasteiger partial charge in [-0.2, -0.15) is 5.10 Å². The molecule has 1 aromatic carbocycles. The Kier molecular flexibility index (Phi) is 4.41. The average Bonchev–Trinajstić information content (AvgIpc) is 3.28. The minimum atomic E-state index is 0.0211. The topological polar surface area (TPSA) is 61.9 Å². The van der Waals surface area contributed by atoms with Crippen molar-refractivity contribution in [2.75, 3.05) is 6.54 Å². The van der Waals surface area contributed by atoms with Crippen LogP contribution in [-0.4, -0.2) is 32.5 Å². The molecule has 3 heterocycles. The first kappa shape index (κ1) is 17.0. The molecule has 6 heteroatoms. The Hall–Kier alpha value is -2.40. The van der Waals surface area contributed by atoms with Gasteiger partial charge < -0.3 is 4.90 Å². The molecule has 134 valence electrons. The van der Waals surface area contributed by atoms with E-state index in [0.29, 0.717) is 10.6 Å². The van der Waals surface area contributed by atoms with E-state index in [4.69, 9.17) is 11.6 Å². The number of hydrogen-bond acceptors (Lipinski definition) is 3. The van der Waals surface area contributed by atoms with Crippen molar-refractivity contribution in [2.45, 2.75) is 38.6 Å². The Balaban J connectivity index is 1.67. The number of aromatic amines is 1. The van der Waals surface area contributed by atoms with Crippen LogP contribution >= 0.6 is 11.6 Å². The highest BCUT2D eigenvalue weighted by Crippen LogP contribution is 2.34. The van der Waals surface area contributed by atoms with E-state index in [1.54, 1.807) is 6.20 Å². The molecule has 0 radical (unpaired) electrons. The number of carbonyl (C=O) groups is 1. The zero-order chi connectivity index (χ0) is 18.3. The van der Waals surface area contributed by atoms with Crippen LogP contribution in [0.1, 0.15) is 60.3 Å². The summed E-state index contributed by atoms with van der Waals surface area (Å²) >= 11 is 6.00. The molecule has 1 atom stereocenters. The Bertz CT molecular complexity index is 948. The van der Waals surface area contributed by atoms with E-state index in [-0.39, 0.29) is 17.9 Å². The van der Waals surface area contributed by atoms with Crippen molar-refractivity contribution < 1.29 is 4.79 Å². The maximum Gasteiger partial charge on any atom is 0.255 e. The predicted octanol–water partition coefficient (Wildman–Crippen LogP) is 4.71. The first-order chi connectivity index (χ1) is 12.5. The zero-order valence-electron chi connectivity index (χ0n) is 14.9. The van der Waals surface area contributed by atoms with Gasteiger partial charge in [0.1, 0.15) is 0 Å². The largest absolute Gasteiger partial charge is 0.332 e. The minimum absolute atomic E-state index is 0.0211. The molecular weight excluding hydrogens is 348 g/mol. The van der Waals surface area contributed by atoms with Gasteiger partial charge in [-0.3, -0.25) is 9.89 Å². The van der Waals surface area contributed by atoms with Gasteiger partial charge >= 0.3 is 0 Å². The molecule has 1 aliphatic rings. The summed E-state index contributed by atoms with van der Waals surface area (Å²) < 4.78 is 0. The van der Waals surface area contributed by atoms with Crippen LogP contribution in [0.25, 0.3) is 11.0 Å². The quantitative estimate of drug-likeness (QED) is 0.728. The molecule has 0 aliphatic carbocycles. The second-order valence-electron chi connectivity index (χ2n) is 7.09. The SMILES string of the molecule is CC(C)c1n[nH]c2ncc(C(=O)N3CCCC3c3ccc(Cl)cc3)cc12. The third-order valence-corrected chi connectivity index (χ3v) is 5.26. The minimum Gasteiger partial charge on any atom is -0.332 e. The highest BCUT2D eigenvalue weighted by Gasteiger charge is 2.31. The molecule has 1 N–H and O–H groups in total. The summed E-state index contributed by atoms with van der Waals surface area (Å²) in [5.41, 5.74) is 3.40. The van der Waals surface area contributed by atoms with Crippen molar-refractivity contribution in [2.24, 2.45) is 0 Å². The number of amides is 1. The number of nitrogens with zero attached hydrogens (tertiary/aromatic N) is 3. The number of likely N-dealkylation sites (tertiary alicyclic amines) is 1. The second-order valence-corrected chi connectivity index (χ2v) is 7.53. The van der Waals surface area contributed by atoms with E-state index in [0.717, 1.165) is 41.7 Å². The van der Waals surface area contributed by atoms with Crippen LogP contribution in [0.4, 0.5) is 0 Å². The smallest absolute Gasteiger partial charge is 0.255 e. The van der Waals surface area contributed by atoms with E-state index in [9.17, 15) is 4.79 Å². The summed E-state index contributed by atoms with van der Waals surface area (Å²) in [6.45, 7) is 4.93. The number of carbonyl (C=O) groups excluding carboxylic acids is 1. The van der Waals surface area contributed by atoms with Gasteiger partial charge in [-0.1, -0.05) is 37.6 Å². The van der Waals surface area contributed by atoms with E-state index in [1.165, 1.54) is 0 Å². The van der Waals surface area contributed by atoms with Crippen LogP contribution in [-0.2, 0) is 0 Å². The summed E-state index contributed by atoms with van der Waals surface area (Å²) in [6, 6.07) is 9.78. The number of halogens is 1. The van der Waals surface area contributed by atoms with Crippen LogP contribution in [0, 0.1) is 0 Å². The maximum absolute atomic E-state index is 13.2. The fourth-order valence-electron chi connectivity index (χ4n) is 3.69. The van der Waals surface area contributed by atoms with Gasteiger partial charge in [-0.05, 0) is 42.5 Å². The molecule has 26 heavy (non-hydrogen) atoms. The molecule has 1 amide bonds. The van der Waals surface area contributed by atoms with Gasteiger partial charge in [0, 0.05) is 23.2 Å². The van der Waals surface area contributed by atoms with Crippen LogP contribution in [0.3, 0.4) is 0 Å². The summed E-state index contributed by atoms with van der Waals surface area (Å²) in [5.74, 6) is 0.289. The van der Waals surface area contributed by atoms with E-state index in [1.807, 2.05) is 35.2 Å². The van der Waals surface area contributed by atoms with Crippen LogP contribution in [0.5, 0.6) is 0 Å². The third kappa shape index (κ3) is 2.97. The lowest BCUT2D eigenvalue weighted by atomic mass is 10.0. The lowest BCUT2D eigenvalue weighted by molar-refractivity contribution is 0.0735. The van der Waals surface area contributed by atoms with Gasteiger partial charge in [0.25, 0.3) is 5.91 Å². The lowest BCUT2D eigenvalue weighted by Crippen LogP contribution is -2.30. The fourth-order valence-corrected chi connectivity index (χ4v) is 3.81. The van der Waals surface area contributed by atoms with Gasteiger partial charge in [0.15, 0.2) is 5.65 Å². The first-order valence-electron chi connectivity index (χ1n) is 8.95. The molecule has 1 fully saturated rings. The first-order valence-corrected chi connectivity index (χ1v) is 9.33. The van der Waals surface area contributed by atoms with Crippen molar-refractivity contribution >= 4 is 28.5 Å². The van der Waals surface area contributed by atoms with E-state index in [2.05, 4.69) is 29.0 Å². The molecule has 0 bridgehead atoms. The maximum atomic E-state index is 13.2. The van der Waals surface area contributed by atoms with Crippen molar-refractivity contribution in [1.82, 2.24) is 20.1 Å². The molecule has 5 nitrogen and oxygen atoms in total. The van der Waals surface area contributed by atoms with Gasteiger partial charge in [-0.25, -0.2) is 4.98 Å². The van der Waals surface area contributed by atoms with Gasteiger partial charge in [0.2, 0.25) is 0 Å². The van der Waals surface area contributed by atoms with Gasteiger partial charge in [0.05, 0.1) is 17.3 Å². The molecule has 1 saturated heterocycles. The number of rotatable bonds is 3. The highest BCUT2D eigenvalue weighted by atomic mass is 35.5. The molecule has 1 aliphatic heterocycles. The molecule has 0 spiro atoms. The number of aromatic nitrogens is 3.